The van der Waals surface area contributed by atoms with Crippen molar-refractivity contribution in [2.45, 2.75) is 38.1 Å². The molecule has 3 fully saturated rings. The third-order valence-corrected chi connectivity index (χ3v) is 5.81. The highest BCUT2D eigenvalue weighted by Crippen LogP contribution is 2.72. The van der Waals surface area contributed by atoms with Crippen molar-refractivity contribution in [1.82, 2.24) is 0 Å². The van der Waals surface area contributed by atoms with Gasteiger partial charge in [-0.15, -0.1) is 0 Å². The van der Waals surface area contributed by atoms with Crippen molar-refractivity contribution in [3.8, 4) is 0 Å². The van der Waals surface area contributed by atoms with E-state index in [9.17, 15) is 19.2 Å². The molecule has 6 atom stereocenters. The van der Waals surface area contributed by atoms with Crippen LogP contribution in [0.15, 0.2) is 11.6 Å². The smallest absolute Gasteiger partial charge is 0.339 e. The molecule has 0 aromatic heterocycles. The van der Waals surface area contributed by atoms with Crippen molar-refractivity contribution in [1.29, 1.82) is 0 Å². The second kappa shape index (κ2) is 4.08. The molecule has 2 aliphatic carbocycles. The molecule has 122 valence electrons. The number of carbonyl (C=O) groups excluding carboxylic acids is 4. The second-order valence-electron chi connectivity index (χ2n) is 6.68. The Kier molecular flexibility index (Phi) is 2.59. The molecule has 1 spiro atoms. The molecule has 7 nitrogen and oxygen atoms in total. The molecule has 1 unspecified atom stereocenters. The van der Waals surface area contributed by atoms with Crippen molar-refractivity contribution in [3.63, 3.8) is 0 Å². The van der Waals surface area contributed by atoms with Crippen LogP contribution in [0.25, 0.3) is 0 Å². The number of fused-ring (bicyclic) bond motifs is 2. The van der Waals surface area contributed by atoms with E-state index < -0.39 is 52.8 Å². The first kappa shape index (κ1) is 14.6. The van der Waals surface area contributed by atoms with Crippen LogP contribution in [0.1, 0.15) is 20.3 Å². The van der Waals surface area contributed by atoms with Crippen molar-refractivity contribution in [2.75, 3.05) is 7.11 Å². The number of ether oxygens (including phenoxy) is 3. The lowest BCUT2D eigenvalue weighted by atomic mass is 9.43. The molecule has 2 aliphatic heterocycles. The van der Waals surface area contributed by atoms with Crippen LogP contribution in [0.5, 0.6) is 0 Å². The molecule has 4 aliphatic rings. The fraction of sp³-hybridized carbons (Fsp3) is 0.625. The van der Waals surface area contributed by atoms with Crippen molar-refractivity contribution < 1.29 is 33.4 Å². The SMILES string of the molecule is COC(=O)C1O[C@@]2(C=C1C)[C@@H]1C(=O)C[C@@H]3OC(=O)[C@@]2(C(C)=O)[C@@H]31. The summed E-state index contributed by atoms with van der Waals surface area (Å²) in [4.78, 5) is 49.3. The van der Waals surface area contributed by atoms with Gasteiger partial charge in [0.15, 0.2) is 17.3 Å². The Labute approximate surface area is 131 Å². The molecule has 2 heterocycles. The van der Waals surface area contributed by atoms with E-state index in [1.165, 1.54) is 14.0 Å². The summed E-state index contributed by atoms with van der Waals surface area (Å²) in [6.45, 7) is 2.97. The van der Waals surface area contributed by atoms with Gasteiger partial charge in [-0.05, 0) is 25.5 Å². The first-order valence-electron chi connectivity index (χ1n) is 7.51. The maximum Gasteiger partial charge on any atom is 0.339 e. The van der Waals surface area contributed by atoms with Gasteiger partial charge in [0.25, 0.3) is 0 Å². The van der Waals surface area contributed by atoms with Gasteiger partial charge in [-0.1, -0.05) is 0 Å². The zero-order valence-electron chi connectivity index (χ0n) is 13.0. The Morgan fingerprint density at radius 1 is 1.35 bits per heavy atom. The average Bonchev–Trinajstić information content (AvgIpc) is 3.03. The van der Waals surface area contributed by atoms with Crippen LogP contribution in [-0.2, 0) is 33.4 Å². The summed E-state index contributed by atoms with van der Waals surface area (Å²) in [6, 6.07) is 0. The molecule has 0 radical (unpaired) electrons. The van der Waals surface area contributed by atoms with Gasteiger partial charge in [-0.3, -0.25) is 14.4 Å². The van der Waals surface area contributed by atoms with E-state index in [-0.39, 0.29) is 12.2 Å². The summed E-state index contributed by atoms with van der Waals surface area (Å²) in [5, 5.41) is 0. The molecule has 4 rings (SSSR count). The summed E-state index contributed by atoms with van der Waals surface area (Å²) in [5.74, 6) is -2.90. The van der Waals surface area contributed by atoms with Crippen LogP contribution in [0.2, 0.25) is 0 Å². The molecule has 0 aromatic rings. The van der Waals surface area contributed by atoms with E-state index in [1.54, 1.807) is 13.0 Å². The molecule has 2 saturated carbocycles. The number of hydrogen-bond acceptors (Lipinski definition) is 7. The summed E-state index contributed by atoms with van der Waals surface area (Å²) in [6.07, 6.45) is 0.0995. The zero-order valence-corrected chi connectivity index (χ0v) is 13.0. The van der Waals surface area contributed by atoms with Crippen molar-refractivity contribution >= 4 is 23.5 Å². The Morgan fingerprint density at radius 2 is 2.04 bits per heavy atom. The summed E-state index contributed by atoms with van der Waals surface area (Å²) >= 11 is 0. The molecular weight excluding hydrogens is 304 g/mol. The standard InChI is InChI=1S/C16H16O7/c1-6-5-15(23-12(6)13(19)21-3)10-8(18)4-9-11(10)16(15,7(2)17)14(20)22-9/h5,9-12H,4H2,1-3H3/t9-,10+,11-,12?,15-,16+/m0/s1. The Hall–Kier alpha value is -2.02. The summed E-state index contributed by atoms with van der Waals surface area (Å²) in [7, 11) is 1.23. The van der Waals surface area contributed by atoms with Gasteiger partial charge in [0.2, 0.25) is 0 Å². The summed E-state index contributed by atoms with van der Waals surface area (Å²) in [5.41, 5.74) is -2.42. The minimum atomic E-state index is -1.53. The third kappa shape index (κ3) is 1.28. The molecule has 0 bridgehead atoms. The lowest BCUT2D eigenvalue weighted by Gasteiger charge is -2.57. The number of hydrogen-bond donors (Lipinski definition) is 0. The largest absolute Gasteiger partial charge is 0.467 e. The van der Waals surface area contributed by atoms with Gasteiger partial charge < -0.3 is 14.2 Å². The quantitative estimate of drug-likeness (QED) is 0.400. The topological polar surface area (TPSA) is 96.0 Å². The number of rotatable bonds is 2. The van der Waals surface area contributed by atoms with Gasteiger partial charge >= 0.3 is 11.9 Å². The maximum atomic E-state index is 12.5. The number of methoxy groups -OCH3 is 1. The first-order chi connectivity index (χ1) is 10.8. The fourth-order valence-corrected chi connectivity index (χ4v) is 5.05. The zero-order chi connectivity index (χ0) is 16.7. The van der Waals surface area contributed by atoms with Crippen molar-refractivity contribution in [3.05, 3.63) is 11.6 Å². The monoisotopic (exact) mass is 320 g/mol. The van der Waals surface area contributed by atoms with Crippen LogP contribution >= 0.6 is 0 Å². The first-order valence-corrected chi connectivity index (χ1v) is 7.51. The third-order valence-electron chi connectivity index (χ3n) is 5.81. The fourth-order valence-electron chi connectivity index (χ4n) is 5.05. The number of Topliss-reactive ketones (excluding diaryl/α,β-unsaturated/α-hetero) is 2. The predicted octanol–water partition coefficient (Wildman–Crippen LogP) is -0.0371. The number of esters is 2. The van der Waals surface area contributed by atoms with E-state index in [2.05, 4.69) is 0 Å². The van der Waals surface area contributed by atoms with Gasteiger partial charge in [-0.2, -0.15) is 0 Å². The van der Waals surface area contributed by atoms with E-state index in [0.29, 0.717) is 5.57 Å². The van der Waals surface area contributed by atoms with Gasteiger partial charge in [0.1, 0.15) is 17.5 Å². The van der Waals surface area contributed by atoms with E-state index in [1.807, 2.05) is 0 Å². The lowest BCUT2D eigenvalue weighted by molar-refractivity contribution is -0.229. The Bertz CT molecular complexity index is 707. The molecule has 0 aromatic carbocycles. The Balaban J connectivity index is 1.88. The lowest BCUT2D eigenvalue weighted by Crippen LogP contribution is -2.74. The minimum absolute atomic E-state index is 0.0942. The highest BCUT2D eigenvalue weighted by Gasteiger charge is 2.88. The summed E-state index contributed by atoms with van der Waals surface area (Å²) < 4.78 is 15.9. The minimum Gasteiger partial charge on any atom is -0.467 e. The molecule has 1 saturated heterocycles. The average molecular weight is 320 g/mol. The van der Waals surface area contributed by atoms with Crippen LogP contribution in [0, 0.1) is 17.3 Å². The van der Waals surface area contributed by atoms with E-state index >= 15 is 0 Å². The van der Waals surface area contributed by atoms with Crippen LogP contribution in [0.3, 0.4) is 0 Å². The second-order valence-corrected chi connectivity index (χ2v) is 6.68. The predicted molar refractivity (Wildman–Crippen MR) is 73.0 cm³/mol. The van der Waals surface area contributed by atoms with Crippen molar-refractivity contribution in [2.24, 2.45) is 17.3 Å². The van der Waals surface area contributed by atoms with E-state index in [4.69, 9.17) is 14.2 Å². The maximum absolute atomic E-state index is 12.5. The van der Waals surface area contributed by atoms with Crippen LogP contribution in [-0.4, -0.2) is 48.4 Å². The highest BCUT2D eigenvalue weighted by molar-refractivity contribution is 6.12. The Morgan fingerprint density at radius 3 is 2.65 bits per heavy atom. The molecule has 0 N–H and O–H groups in total. The highest BCUT2D eigenvalue weighted by atomic mass is 16.6. The van der Waals surface area contributed by atoms with Crippen LogP contribution in [0.4, 0.5) is 0 Å². The van der Waals surface area contributed by atoms with E-state index in [0.717, 1.165) is 0 Å². The molecule has 0 amide bonds. The normalized spacial score (nSPS) is 46.3. The number of ketones is 2. The molecular formula is C16H16O7. The number of carbonyl (C=O) groups is 4. The van der Waals surface area contributed by atoms with Crippen LogP contribution < -0.4 is 0 Å². The van der Waals surface area contributed by atoms with Gasteiger partial charge in [0.05, 0.1) is 13.0 Å². The molecule has 7 heteroatoms. The molecule has 23 heavy (non-hydrogen) atoms. The van der Waals surface area contributed by atoms with Gasteiger partial charge in [-0.25, -0.2) is 4.79 Å². The van der Waals surface area contributed by atoms with Gasteiger partial charge in [0, 0.05) is 12.3 Å².